The van der Waals surface area contributed by atoms with E-state index in [4.69, 9.17) is 4.74 Å². The Morgan fingerprint density at radius 1 is 1.19 bits per heavy atom. The van der Waals surface area contributed by atoms with Gasteiger partial charge in [-0.05, 0) is 30.7 Å². The monoisotopic (exact) mass is 217 g/mol. The molecule has 0 aliphatic heterocycles. The molecule has 0 amide bonds. The first kappa shape index (κ1) is 10.6. The maximum atomic E-state index is 13.8. The summed E-state index contributed by atoms with van der Waals surface area (Å²) < 4.78 is 18.9. The van der Waals surface area contributed by atoms with E-state index in [1.807, 2.05) is 13.0 Å². The van der Waals surface area contributed by atoms with Gasteiger partial charge in [-0.1, -0.05) is 12.1 Å². The number of halogens is 1. The molecule has 0 saturated heterocycles. The average molecular weight is 217 g/mol. The van der Waals surface area contributed by atoms with Crippen LogP contribution in [0.15, 0.2) is 36.5 Å². The maximum Gasteiger partial charge on any atom is 0.221 e. The van der Waals surface area contributed by atoms with Crippen LogP contribution in [0.25, 0.3) is 11.1 Å². The van der Waals surface area contributed by atoms with E-state index in [0.29, 0.717) is 17.0 Å². The molecular weight excluding hydrogens is 205 g/mol. The van der Waals surface area contributed by atoms with Crippen LogP contribution >= 0.6 is 0 Å². The van der Waals surface area contributed by atoms with Gasteiger partial charge >= 0.3 is 0 Å². The fourth-order valence-electron chi connectivity index (χ4n) is 1.72. The quantitative estimate of drug-likeness (QED) is 0.770. The lowest BCUT2D eigenvalue weighted by Gasteiger charge is -2.10. The summed E-state index contributed by atoms with van der Waals surface area (Å²) in [6.07, 6.45) is 1.62. The highest BCUT2D eigenvalue weighted by atomic mass is 19.1. The average Bonchev–Trinajstić information content (AvgIpc) is 2.29. The number of aryl methyl sites for hydroxylation is 1. The zero-order valence-corrected chi connectivity index (χ0v) is 9.20. The molecule has 1 aromatic carbocycles. The van der Waals surface area contributed by atoms with Crippen LogP contribution in [0.5, 0.6) is 5.88 Å². The van der Waals surface area contributed by atoms with Gasteiger partial charge in [-0.25, -0.2) is 9.37 Å². The van der Waals surface area contributed by atoms with Crippen LogP contribution in [0.4, 0.5) is 4.39 Å². The number of methoxy groups -OCH3 is 1. The van der Waals surface area contributed by atoms with Crippen molar-refractivity contribution in [2.75, 3.05) is 7.11 Å². The van der Waals surface area contributed by atoms with E-state index in [1.54, 1.807) is 24.4 Å². The highest BCUT2D eigenvalue weighted by molar-refractivity contribution is 5.72. The first-order chi connectivity index (χ1) is 7.74. The second-order valence-electron chi connectivity index (χ2n) is 3.49. The highest BCUT2D eigenvalue weighted by Gasteiger charge is 2.12. The van der Waals surface area contributed by atoms with Crippen molar-refractivity contribution in [3.8, 4) is 17.0 Å². The van der Waals surface area contributed by atoms with Crippen LogP contribution < -0.4 is 4.74 Å². The summed E-state index contributed by atoms with van der Waals surface area (Å²) in [5.41, 5.74) is 2.10. The number of aromatic nitrogens is 1. The van der Waals surface area contributed by atoms with E-state index in [1.165, 1.54) is 13.2 Å². The number of nitrogens with zero attached hydrogens (tertiary/aromatic N) is 1. The van der Waals surface area contributed by atoms with Crippen LogP contribution in [0, 0.1) is 12.7 Å². The fraction of sp³-hybridized carbons (Fsp3) is 0.154. The Bertz CT molecular complexity index is 491. The van der Waals surface area contributed by atoms with Gasteiger partial charge in [-0.3, -0.25) is 0 Å². The number of benzene rings is 1. The molecule has 0 atom stereocenters. The Morgan fingerprint density at radius 3 is 2.69 bits per heavy atom. The molecule has 16 heavy (non-hydrogen) atoms. The molecule has 2 rings (SSSR count). The lowest BCUT2D eigenvalue weighted by atomic mass is 10.0. The molecule has 3 heteroatoms. The van der Waals surface area contributed by atoms with E-state index in [2.05, 4.69) is 4.98 Å². The number of hydrogen-bond acceptors (Lipinski definition) is 2. The van der Waals surface area contributed by atoms with Gasteiger partial charge in [-0.2, -0.15) is 0 Å². The molecule has 82 valence electrons. The normalized spacial score (nSPS) is 10.2. The SMILES string of the molecule is COc1ncccc1-c1c(C)cccc1F. The Hall–Kier alpha value is -1.90. The third kappa shape index (κ3) is 1.76. The molecule has 0 spiro atoms. The third-order valence-corrected chi connectivity index (χ3v) is 2.46. The molecule has 0 aliphatic carbocycles. The van der Waals surface area contributed by atoms with E-state index < -0.39 is 0 Å². The first-order valence-electron chi connectivity index (χ1n) is 4.98. The zero-order valence-electron chi connectivity index (χ0n) is 9.20. The summed E-state index contributed by atoms with van der Waals surface area (Å²) in [5.74, 6) is 0.182. The van der Waals surface area contributed by atoms with E-state index in [-0.39, 0.29) is 5.82 Å². The van der Waals surface area contributed by atoms with Gasteiger partial charge in [0.05, 0.1) is 7.11 Å². The summed E-state index contributed by atoms with van der Waals surface area (Å²) in [7, 11) is 1.53. The van der Waals surface area contributed by atoms with Crippen molar-refractivity contribution in [1.29, 1.82) is 0 Å². The van der Waals surface area contributed by atoms with Crippen LogP contribution in [0.2, 0.25) is 0 Å². The number of rotatable bonds is 2. The van der Waals surface area contributed by atoms with Crippen molar-refractivity contribution in [2.24, 2.45) is 0 Å². The van der Waals surface area contributed by atoms with Gasteiger partial charge < -0.3 is 4.74 Å². The number of ether oxygens (including phenoxy) is 1. The molecule has 2 aromatic rings. The standard InChI is InChI=1S/C13H12FNO/c1-9-5-3-7-11(14)12(9)10-6-4-8-15-13(10)16-2/h3-8H,1-2H3. The van der Waals surface area contributed by atoms with Crippen LogP contribution in [0.1, 0.15) is 5.56 Å². The van der Waals surface area contributed by atoms with Gasteiger partial charge in [-0.15, -0.1) is 0 Å². The van der Waals surface area contributed by atoms with Crippen molar-refractivity contribution in [3.05, 3.63) is 47.9 Å². The molecule has 0 saturated carbocycles. The number of hydrogen-bond donors (Lipinski definition) is 0. The Morgan fingerprint density at radius 2 is 2.00 bits per heavy atom. The molecular formula is C13H12FNO. The predicted octanol–water partition coefficient (Wildman–Crippen LogP) is 3.20. The summed E-state index contributed by atoms with van der Waals surface area (Å²) in [5, 5.41) is 0. The summed E-state index contributed by atoms with van der Waals surface area (Å²) in [4.78, 5) is 4.07. The lowest BCUT2D eigenvalue weighted by molar-refractivity contribution is 0.399. The van der Waals surface area contributed by atoms with Crippen LogP contribution in [-0.2, 0) is 0 Å². The van der Waals surface area contributed by atoms with Crippen molar-refractivity contribution in [3.63, 3.8) is 0 Å². The molecule has 2 nitrogen and oxygen atoms in total. The molecule has 1 heterocycles. The maximum absolute atomic E-state index is 13.8. The van der Waals surface area contributed by atoms with Gasteiger partial charge in [0, 0.05) is 17.3 Å². The number of pyridine rings is 1. The van der Waals surface area contributed by atoms with E-state index in [9.17, 15) is 4.39 Å². The molecule has 0 fully saturated rings. The van der Waals surface area contributed by atoms with Crippen LogP contribution in [-0.4, -0.2) is 12.1 Å². The van der Waals surface area contributed by atoms with Crippen molar-refractivity contribution in [2.45, 2.75) is 6.92 Å². The van der Waals surface area contributed by atoms with Gasteiger partial charge in [0.25, 0.3) is 0 Å². The Kier molecular flexibility index (Phi) is 2.86. The Labute approximate surface area is 93.7 Å². The molecule has 0 bridgehead atoms. The van der Waals surface area contributed by atoms with Gasteiger partial charge in [0.1, 0.15) is 5.82 Å². The van der Waals surface area contributed by atoms with Gasteiger partial charge in [0.15, 0.2) is 0 Å². The lowest BCUT2D eigenvalue weighted by Crippen LogP contribution is -1.94. The fourth-order valence-corrected chi connectivity index (χ4v) is 1.72. The minimum Gasteiger partial charge on any atom is -0.481 e. The largest absolute Gasteiger partial charge is 0.481 e. The van der Waals surface area contributed by atoms with Crippen molar-refractivity contribution in [1.82, 2.24) is 4.98 Å². The smallest absolute Gasteiger partial charge is 0.221 e. The van der Waals surface area contributed by atoms with Crippen molar-refractivity contribution >= 4 is 0 Å². The van der Waals surface area contributed by atoms with Crippen molar-refractivity contribution < 1.29 is 9.13 Å². The van der Waals surface area contributed by atoms with Crippen LogP contribution in [0.3, 0.4) is 0 Å². The molecule has 0 unspecified atom stereocenters. The Balaban J connectivity index is 2.67. The summed E-state index contributed by atoms with van der Waals surface area (Å²) in [6, 6.07) is 8.57. The molecule has 0 N–H and O–H groups in total. The predicted molar refractivity (Wildman–Crippen MR) is 60.9 cm³/mol. The van der Waals surface area contributed by atoms with E-state index in [0.717, 1.165) is 5.56 Å². The second-order valence-corrected chi connectivity index (χ2v) is 3.49. The molecule has 1 aromatic heterocycles. The van der Waals surface area contributed by atoms with E-state index >= 15 is 0 Å². The second kappa shape index (κ2) is 4.31. The minimum absolute atomic E-state index is 0.258. The summed E-state index contributed by atoms with van der Waals surface area (Å²) in [6.45, 7) is 1.87. The minimum atomic E-state index is -0.258. The third-order valence-electron chi connectivity index (χ3n) is 2.46. The van der Waals surface area contributed by atoms with Gasteiger partial charge in [0.2, 0.25) is 5.88 Å². The topological polar surface area (TPSA) is 22.1 Å². The summed E-state index contributed by atoms with van der Waals surface area (Å²) >= 11 is 0. The highest BCUT2D eigenvalue weighted by Crippen LogP contribution is 2.32. The zero-order chi connectivity index (χ0) is 11.5. The molecule has 0 aliphatic rings. The molecule has 0 radical (unpaired) electrons. The first-order valence-corrected chi connectivity index (χ1v) is 4.98.